The topological polar surface area (TPSA) is 35.5 Å². The number of likely N-dealkylation sites (N-methyl/N-ethyl adjacent to an activating group) is 1. The molecule has 3 nitrogen and oxygen atoms in total. The van der Waals surface area contributed by atoms with Gasteiger partial charge in [-0.3, -0.25) is 0 Å². The lowest BCUT2D eigenvalue weighted by Gasteiger charge is -2.39. The Balaban J connectivity index is 2.61. The standard InChI is InChI=1S/C18H38N2O/c1-16(2)12-19-13-18(10-8-6-7-9-11-18)15-20(5)14-17(3,4)21/h16,19,21H,6-15H2,1-5H3. The van der Waals surface area contributed by atoms with Crippen molar-refractivity contribution in [3.63, 3.8) is 0 Å². The van der Waals surface area contributed by atoms with Gasteiger partial charge in [-0.25, -0.2) is 0 Å². The molecule has 0 aromatic heterocycles. The minimum Gasteiger partial charge on any atom is -0.389 e. The zero-order chi connectivity index (χ0) is 15.9. The van der Waals surface area contributed by atoms with E-state index in [0.29, 0.717) is 11.3 Å². The Labute approximate surface area is 132 Å². The molecule has 3 heteroatoms. The maximum atomic E-state index is 10.0. The summed E-state index contributed by atoms with van der Waals surface area (Å²) in [6.45, 7) is 12.4. The molecule has 0 bridgehead atoms. The molecule has 21 heavy (non-hydrogen) atoms. The fourth-order valence-electron chi connectivity index (χ4n) is 3.78. The highest BCUT2D eigenvalue weighted by molar-refractivity contribution is 4.87. The fraction of sp³-hybridized carbons (Fsp3) is 1.00. The van der Waals surface area contributed by atoms with Crippen molar-refractivity contribution in [2.75, 3.05) is 33.2 Å². The van der Waals surface area contributed by atoms with Gasteiger partial charge in [0.25, 0.3) is 0 Å². The summed E-state index contributed by atoms with van der Waals surface area (Å²) in [5.74, 6) is 0.710. The van der Waals surface area contributed by atoms with Crippen molar-refractivity contribution in [1.29, 1.82) is 0 Å². The summed E-state index contributed by atoms with van der Waals surface area (Å²) in [5, 5.41) is 13.8. The van der Waals surface area contributed by atoms with Gasteiger partial charge < -0.3 is 15.3 Å². The van der Waals surface area contributed by atoms with Crippen LogP contribution in [0.5, 0.6) is 0 Å². The second-order valence-corrected chi connectivity index (χ2v) is 8.42. The van der Waals surface area contributed by atoms with Crippen molar-refractivity contribution in [3.8, 4) is 0 Å². The molecule has 0 amide bonds. The Morgan fingerprint density at radius 3 is 2.19 bits per heavy atom. The first-order chi connectivity index (χ1) is 9.72. The van der Waals surface area contributed by atoms with E-state index in [2.05, 4.69) is 31.1 Å². The summed E-state index contributed by atoms with van der Waals surface area (Å²) in [6, 6.07) is 0. The van der Waals surface area contributed by atoms with Gasteiger partial charge in [0.05, 0.1) is 5.60 Å². The molecule has 0 heterocycles. The smallest absolute Gasteiger partial charge is 0.0718 e. The van der Waals surface area contributed by atoms with E-state index in [4.69, 9.17) is 0 Å². The van der Waals surface area contributed by atoms with Gasteiger partial charge in [0.15, 0.2) is 0 Å². The van der Waals surface area contributed by atoms with E-state index in [1.54, 1.807) is 0 Å². The van der Waals surface area contributed by atoms with Gasteiger partial charge in [-0.2, -0.15) is 0 Å². The monoisotopic (exact) mass is 298 g/mol. The maximum absolute atomic E-state index is 10.0. The SMILES string of the molecule is CC(C)CNCC1(CN(C)CC(C)(C)O)CCCCCC1. The Morgan fingerprint density at radius 1 is 1.14 bits per heavy atom. The van der Waals surface area contributed by atoms with Gasteiger partial charge in [-0.15, -0.1) is 0 Å². The summed E-state index contributed by atoms with van der Waals surface area (Å²) >= 11 is 0. The van der Waals surface area contributed by atoms with Crippen molar-refractivity contribution in [3.05, 3.63) is 0 Å². The first-order valence-electron chi connectivity index (χ1n) is 8.84. The van der Waals surface area contributed by atoms with Crippen LogP contribution in [0.3, 0.4) is 0 Å². The van der Waals surface area contributed by atoms with E-state index in [1.165, 1.54) is 38.5 Å². The molecule has 0 aromatic carbocycles. The Kier molecular flexibility index (Phi) is 7.66. The Morgan fingerprint density at radius 2 is 1.71 bits per heavy atom. The van der Waals surface area contributed by atoms with Crippen LogP contribution in [0.1, 0.15) is 66.2 Å². The van der Waals surface area contributed by atoms with Crippen molar-refractivity contribution in [2.24, 2.45) is 11.3 Å². The number of aliphatic hydroxyl groups is 1. The zero-order valence-corrected chi connectivity index (χ0v) is 15.0. The number of rotatable bonds is 8. The van der Waals surface area contributed by atoms with Gasteiger partial charge in [0.1, 0.15) is 0 Å². The molecule has 0 radical (unpaired) electrons. The van der Waals surface area contributed by atoms with Crippen molar-refractivity contribution in [1.82, 2.24) is 10.2 Å². The second kappa shape index (κ2) is 8.50. The number of hydrogen-bond acceptors (Lipinski definition) is 3. The van der Waals surface area contributed by atoms with Gasteiger partial charge in [-0.1, -0.05) is 39.5 Å². The molecule has 0 atom stereocenters. The normalized spacial score (nSPS) is 20.0. The van der Waals surface area contributed by atoms with E-state index >= 15 is 0 Å². The van der Waals surface area contributed by atoms with Crippen LogP contribution in [0.25, 0.3) is 0 Å². The molecule has 0 aliphatic heterocycles. The largest absolute Gasteiger partial charge is 0.389 e. The Hall–Kier alpha value is -0.120. The fourth-order valence-corrected chi connectivity index (χ4v) is 3.78. The van der Waals surface area contributed by atoms with E-state index in [-0.39, 0.29) is 0 Å². The van der Waals surface area contributed by atoms with Crippen LogP contribution in [0, 0.1) is 11.3 Å². The summed E-state index contributed by atoms with van der Waals surface area (Å²) in [7, 11) is 2.16. The Bertz CT molecular complexity index is 275. The molecule has 1 aliphatic carbocycles. The van der Waals surface area contributed by atoms with Crippen LogP contribution in [0.4, 0.5) is 0 Å². The highest BCUT2D eigenvalue weighted by atomic mass is 16.3. The molecule has 1 saturated carbocycles. The average Bonchev–Trinajstić information content (AvgIpc) is 2.51. The van der Waals surface area contributed by atoms with E-state index in [1.807, 2.05) is 13.8 Å². The van der Waals surface area contributed by atoms with Gasteiger partial charge in [0, 0.05) is 19.6 Å². The molecular formula is C18H38N2O. The predicted molar refractivity (Wildman–Crippen MR) is 91.6 cm³/mol. The van der Waals surface area contributed by atoms with Crippen LogP contribution < -0.4 is 5.32 Å². The third kappa shape index (κ3) is 8.18. The highest BCUT2D eigenvalue weighted by Gasteiger charge is 2.32. The van der Waals surface area contributed by atoms with Crippen LogP contribution >= 0.6 is 0 Å². The molecule has 0 aromatic rings. The highest BCUT2D eigenvalue weighted by Crippen LogP contribution is 2.35. The second-order valence-electron chi connectivity index (χ2n) is 8.42. The molecule has 0 saturated heterocycles. The zero-order valence-electron chi connectivity index (χ0n) is 15.0. The summed E-state index contributed by atoms with van der Waals surface area (Å²) in [5.41, 5.74) is -0.211. The lowest BCUT2D eigenvalue weighted by Crippen LogP contribution is -2.47. The van der Waals surface area contributed by atoms with Crippen LogP contribution in [0.15, 0.2) is 0 Å². The number of nitrogens with one attached hydrogen (secondary N) is 1. The van der Waals surface area contributed by atoms with Crippen LogP contribution in [0.2, 0.25) is 0 Å². The van der Waals surface area contributed by atoms with E-state index in [0.717, 1.165) is 26.2 Å². The number of hydrogen-bond donors (Lipinski definition) is 2. The molecule has 2 N–H and O–H groups in total. The summed E-state index contributed by atoms with van der Waals surface area (Å²) in [6.07, 6.45) is 8.16. The lowest BCUT2D eigenvalue weighted by atomic mass is 9.79. The van der Waals surface area contributed by atoms with Gasteiger partial charge in [0.2, 0.25) is 0 Å². The minimum atomic E-state index is -0.605. The van der Waals surface area contributed by atoms with Crippen LogP contribution in [-0.4, -0.2) is 48.8 Å². The molecular weight excluding hydrogens is 260 g/mol. The molecule has 126 valence electrons. The average molecular weight is 299 g/mol. The predicted octanol–water partition coefficient (Wildman–Crippen LogP) is 3.28. The molecule has 1 fully saturated rings. The number of nitrogens with zero attached hydrogens (tertiary/aromatic N) is 1. The van der Waals surface area contributed by atoms with Gasteiger partial charge in [-0.05, 0) is 51.6 Å². The molecule has 1 rings (SSSR count). The maximum Gasteiger partial charge on any atom is 0.0718 e. The first kappa shape index (κ1) is 18.9. The third-order valence-electron chi connectivity index (χ3n) is 4.48. The van der Waals surface area contributed by atoms with E-state index in [9.17, 15) is 5.11 Å². The van der Waals surface area contributed by atoms with Crippen LogP contribution in [-0.2, 0) is 0 Å². The molecule has 0 unspecified atom stereocenters. The molecule has 1 aliphatic rings. The van der Waals surface area contributed by atoms with Gasteiger partial charge >= 0.3 is 0 Å². The summed E-state index contributed by atoms with van der Waals surface area (Å²) in [4.78, 5) is 2.34. The van der Waals surface area contributed by atoms with Crippen molar-refractivity contribution >= 4 is 0 Å². The van der Waals surface area contributed by atoms with E-state index < -0.39 is 5.60 Å². The van der Waals surface area contributed by atoms with Crippen molar-refractivity contribution in [2.45, 2.75) is 71.8 Å². The lowest BCUT2D eigenvalue weighted by molar-refractivity contribution is 0.0271. The molecule has 0 spiro atoms. The van der Waals surface area contributed by atoms with Crippen molar-refractivity contribution < 1.29 is 5.11 Å². The quantitative estimate of drug-likeness (QED) is 0.675. The third-order valence-corrected chi connectivity index (χ3v) is 4.48. The minimum absolute atomic E-state index is 0.394. The summed E-state index contributed by atoms with van der Waals surface area (Å²) < 4.78 is 0. The first-order valence-corrected chi connectivity index (χ1v) is 8.84.